The molecule has 0 unspecified atom stereocenters. The fourth-order valence-electron chi connectivity index (χ4n) is 5.01. The fourth-order valence-corrected chi connectivity index (χ4v) is 5.30. The molecule has 0 radical (unpaired) electrons. The Balaban J connectivity index is 1.28. The number of alkyl halides is 2. The van der Waals surface area contributed by atoms with Crippen molar-refractivity contribution in [3.8, 4) is 0 Å². The summed E-state index contributed by atoms with van der Waals surface area (Å²) in [5.41, 5.74) is 0.504. The molecule has 5 rings (SSSR count). The molecule has 3 fully saturated rings. The van der Waals surface area contributed by atoms with Crippen LogP contribution in [0, 0.1) is 0 Å². The summed E-state index contributed by atoms with van der Waals surface area (Å²) >= 11 is 6.61. The Morgan fingerprint density at radius 1 is 1.20 bits per heavy atom. The Morgan fingerprint density at radius 3 is 2.63 bits per heavy atom. The monoisotopic (exact) mass is 510 g/mol. The highest BCUT2D eigenvalue weighted by molar-refractivity contribution is 6.34. The Morgan fingerprint density at radius 2 is 1.97 bits per heavy atom. The van der Waals surface area contributed by atoms with Gasteiger partial charge in [0.25, 0.3) is 11.8 Å². The van der Waals surface area contributed by atoms with E-state index in [4.69, 9.17) is 21.1 Å². The fraction of sp³-hybridized carbons (Fsp3) is 0.583. The summed E-state index contributed by atoms with van der Waals surface area (Å²) in [6.45, 7) is 5.18. The van der Waals surface area contributed by atoms with E-state index in [2.05, 4.69) is 20.1 Å². The van der Waals surface area contributed by atoms with Crippen molar-refractivity contribution < 1.29 is 28.2 Å². The van der Waals surface area contributed by atoms with Crippen LogP contribution in [0.4, 0.5) is 20.3 Å². The molecule has 8 nitrogen and oxygen atoms in total. The van der Waals surface area contributed by atoms with Gasteiger partial charge in [-0.05, 0) is 36.9 Å². The summed E-state index contributed by atoms with van der Waals surface area (Å²) in [6.07, 6.45) is -0.224. The van der Waals surface area contributed by atoms with E-state index in [1.165, 1.54) is 0 Å². The molecule has 190 valence electrons. The van der Waals surface area contributed by atoms with Crippen LogP contribution in [-0.2, 0) is 14.3 Å². The molecule has 1 amide bonds. The van der Waals surface area contributed by atoms with E-state index < -0.39 is 30.6 Å². The Kier molecular flexibility index (Phi) is 6.60. The van der Waals surface area contributed by atoms with Crippen LogP contribution in [0.2, 0.25) is 5.02 Å². The summed E-state index contributed by atoms with van der Waals surface area (Å²) < 4.78 is 37.1. The molecular formula is C24H29ClF2N4O4. The van der Waals surface area contributed by atoms with Gasteiger partial charge in [-0.1, -0.05) is 11.6 Å². The number of ether oxygens (including phenoxy) is 2. The number of rotatable bonds is 4. The predicted molar refractivity (Wildman–Crippen MR) is 128 cm³/mol. The maximum absolute atomic E-state index is 13.3. The van der Waals surface area contributed by atoms with Gasteiger partial charge in [0, 0.05) is 44.2 Å². The van der Waals surface area contributed by atoms with Crippen LogP contribution in [0.3, 0.4) is 0 Å². The minimum atomic E-state index is -2.89. The van der Waals surface area contributed by atoms with Crippen LogP contribution in [-0.4, -0.2) is 90.6 Å². The standard InChI is InChI=1S/C24H29ClF2N4O4/c1-23(13-34-12-20(23)32)31-6-4-30(5-7-31)18-9-15-10-21(28-11-16(15)8-17(18)25)29-22(33)19-2-3-24(26,27)14-35-19/h8-11,19-20,32H,2-7,12-14H2,1H3,(H,28,29,33)/t19-,20+,23-/m0/s1. The van der Waals surface area contributed by atoms with Crippen LogP contribution >= 0.6 is 11.6 Å². The number of halogens is 3. The summed E-state index contributed by atoms with van der Waals surface area (Å²) in [7, 11) is 0. The highest BCUT2D eigenvalue weighted by Gasteiger charge is 2.44. The highest BCUT2D eigenvalue weighted by atomic mass is 35.5. The molecule has 3 aliphatic heterocycles. The van der Waals surface area contributed by atoms with Crippen molar-refractivity contribution in [1.29, 1.82) is 0 Å². The number of piperazine rings is 1. The van der Waals surface area contributed by atoms with Gasteiger partial charge in [0.1, 0.15) is 18.5 Å². The van der Waals surface area contributed by atoms with Crippen LogP contribution in [0.1, 0.15) is 19.8 Å². The Hall–Kier alpha value is -2.11. The first kappa shape index (κ1) is 24.6. The van der Waals surface area contributed by atoms with Crippen molar-refractivity contribution in [3.05, 3.63) is 29.4 Å². The highest BCUT2D eigenvalue weighted by Crippen LogP contribution is 2.34. The van der Waals surface area contributed by atoms with E-state index in [-0.39, 0.29) is 18.4 Å². The van der Waals surface area contributed by atoms with Gasteiger partial charge in [0.05, 0.1) is 35.6 Å². The van der Waals surface area contributed by atoms with Crippen LogP contribution < -0.4 is 10.2 Å². The van der Waals surface area contributed by atoms with Gasteiger partial charge in [-0.25, -0.2) is 13.8 Å². The summed E-state index contributed by atoms with van der Waals surface area (Å²) in [4.78, 5) is 21.2. The zero-order chi connectivity index (χ0) is 24.8. The molecule has 0 bridgehead atoms. The third-order valence-corrected chi connectivity index (χ3v) is 7.63. The summed E-state index contributed by atoms with van der Waals surface area (Å²) in [6, 6.07) is 5.56. The molecule has 0 spiro atoms. The van der Waals surface area contributed by atoms with Gasteiger partial charge in [-0.2, -0.15) is 0 Å². The number of anilines is 2. The van der Waals surface area contributed by atoms with Gasteiger partial charge in [0.15, 0.2) is 0 Å². The number of hydrogen-bond acceptors (Lipinski definition) is 7. The lowest BCUT2D eigenvalue weighted by Crippen LogP contribution is -2.60. The SMILES string of the molecule is C[C@]1(N2CCN(c3cc4cc(NC(=O)[C@@H]5CCC(F)(F)CO5)ncc4cc3Cl)CC2)COC[C@H]1O. The van der Waals surface area contributed by atoms with Gasteiger partial charge in [-0.3, -0.25) is 9.69 Å². The maximum atomic E-state index is 13.3. The smallest absolute Gasteiger partial charge is 0.271 e. The van der Waals surface area contributed by atoms with Gasteiger partial charge < -0.3 is 24.8 Å². The molecule has 2 aromatic rings. The third-order valence-electron chi connectivity index (χ3n) is 7.33. The van der Waals surface area contributed by atoms with Crippen molar-refractivity contribution in [1.82, 2.24) is 9.88 Å². The number of carbonyl (C=O) groups is 1. The lowest BCUT2D eigenvalue weighted by Gasteiger charge is -2.45. The van der Waals surface area contributed by atoms with Crippen LogP contribution in [0.5, 0.6) is 0 Å². The first-order chi connectivity index (χ1) is 16.6. The topological polar surface area (TPSA) is 87.2 Å². The number of benzene rings is 1. The molecule has 1 aromatic carbocycles. The molecular weight excluding hydrogens is 482 g/mol. The number of carbonyl (C=O) groups excluding carboxylic acids is 1. The molecule has 3 saturated heterocycles. The molecule has 4 heterocycles. The van der Waals surface area contributed by atoms with E-state index in [1.807, 2.05) is 19.1 Å². The van der Waals surface area contributed by atoms with E-state index in [9.17, 15) is 18.7 Å². The summed E-state index contributed by atoms with van der Waals surface area (Å²) in [5, 5.41) is 15.3. The van der Waals surface area contributed by atoms with E-state index in [1.54, 1.807) is 12.3 Å². The lowest BCUT2D eigenvalue weighted by atomic mass is 9.95. The maximum Gasteiger partial charge on any atom is 0.271 e. The quantitative estimate of drug-likeness (QED) is 0.654. The zero-order valence-corrected chi connectivity index (χ0v) is 20.2. The molecule has 11 heteroatoms. The molecule has 35 heavy (non-hydrogen) atoms. The van der Waals surface area contributed by atoms with E-state index in [0.717, 1.165) is 42.6 Å². The predicted octanol–water partition coefficient (Wildman–Crippen LogP) is 2.91. The second-order valence-electron chi connectivity index (χ2n) is 9.77. The van der Waals surface area contributed by atoms with Crippen LogP contribution in [0.15, 0.2) is 24.4 Å². The molecule has 1 aromatic heterocycles. The van der Waals surface area contributed by atoms with Gasteiger partial charge >= 0.3 is 0 Å². The number of nitrogens with one attached hydrogen (secondary N) is 1. The van der Waals surface area contributed by atoms with Gasteiger partial charge in [-0.15, -0.1) is 0 Å². The molecule has 3 atom stereocenters. The zero-order valence-electron chi connectivity index (χ0n) is 19.5. The minimum Gasteiger partial charge on any atom is -0.389 e. The largest absolute Gasteiger partial charge is 0.389 e. The third kappa shape index (κ3) is 4.95. The van der Waals surface area contributed by atoms with Crippen molar-refractivity contribution in [2.24, 2.45) is 0 Å². The Labute approximate surface area is 207 Å². The number of aliphatic hydroxyl groups excluding tert-OH is 1. The summed E-state index contributed by atoms with van der Waals surface area (Å²) in [5.74, 6) is -3.05. The molecule has 0 saturated carbocycles. The molecule has 2 N–H and O–H groups in total. The first-order valence-electron chi connectivity index (χ1n) is 11.8. The molecule has 0 aliphatic carbocycles. The van der Waals surface area contributed by atoms with Crippen molar-refractivity contribution in [2.75, 3.05) is 56.2 Å². The van der Waals surface area contributed by atoms with E-state index >= 15 is 0 Å². The number of aromatic nitrogens is 1. The average molecular weight is 511 g/mol. The van der Waals surface area contributed by atoms with Crippen molar-refractivity contribution in [2.45, 2.75) is 43.4 Å². The number of aliphatic hydroxyl groups is 1. The Bertz CT molecular complexity index is 1100. The number of nitrogens with zero attached hydrogens (tertiary/aromatic N) is 3. The van der Waals surface area contributed by atoms with Crippen LogP contribution in [0.25, 0.3) is 10.8 Å². The minimum absolute atomic E-state index is 0.0413. The van der Waals surface area contributed by atoms with Crippen molar-refractivity contribution in [3.63, 3.8) is 0 Å². The molecule has 3 aliphatic rings. The number of pyridine rings is 1. The van der Waals surface area contributed by atoms with E-state index in [0.29, 0.717) is 24.1 Å². The number of hydrogen-bond donors (Lipinski definition) is 2. The second kappa shape index (κ2) is 9.40. The van der Waals surface area contributed by atoms with Gasteiger partial charge in [0.2, 0.25) is 0 Å². The van der Waals surface area contributed by atoms with Crippen molar-refractivity contribution >= 4 is 39.8 Å². The number of amides is 1. The lowest BCUT2D eigenvalue weighted by molar-refractivity contribution is -0.158. The normalized spacial score (nSPS) is 29.5. The number of fused-ring (bicyclic) bond motifs is 1. The first-order valence-corrected chi connectivity index (χ1v) is 12.2. The second-order valence-corrected chi connectivity index (χ2v) is 10.2. The average Bonchev–Trinajstić information content (AvgIpc) is 3.18.